The number of hydrogen-bond acceptors (Lipinski definition) is 3. The summed E-state index contributed by atoms with van der Waals surface area (Å²) >= 11 is 0. The Kier molecular flexibility index (Phi) is 5.34. The Morgan fingerprint density at radius 3 is 2.28 bits per heavy atom. The first-order valence-corrected chi connectivity index (χ1v) is 7.63. The largest absolute Gasteiger partial charge is 0.435 e. The van der Waals surface area contributed by atoms with E-state index in [1.807, 2.05) is 0 Å². The van der Waals surface area contributed by atoms with E-state index in [4.69, 9.17) is 10.7 Å². The van der Waals surface area contributed by atoms with Gasteiger partial charge < -0.3 is 4.74 Å². The Hall–Kier alpha value is -0.880. The lowest BCUT2D eigenvalue weighted by Crippen LogP contribution is -2.12. The van der Waals surface area contributed by atoms with E-state index in [0.29, 0.717) is 12.8 Å². The van der Waals surface area contributed by atoms with E-state index in [2.05, 4.69) is 4.74 Å². The lowest BCUT2D eigenvalue weighted by atomic mass is 10.1. The van der Waals surface area contributed by atoms with Crippen molar-refractivity contribution in [1.29, 1.82) is 0 Å². The van der Waals surface area contributed by atoms with Crippen LogP contribution in [0.2, 0.25) is 0 Å². The number of benzene rings is 1. The summed E-state index contributed by atoms with van der Waals surface area (Å²) in [6.45, 7) is -1.33. The molecule has 0 aliphatic carbocycles. The first kappa shape index (κ1) is 15.2. The van der Waals surface area contributed by atoms with Gasteiger partial charge in [-0.3, -0.25) is 0 Å². The van der Waals surface area contributed by atoms with Gasteiger partial charge in [0.1, 0.15) is 5.75 Å². The lowest BCUT2D eigenvalue weighted by molar-refractivity contribution is -0.0498. The van der Waals surface area contributed by atoms with Crippen molar-refractivity contribution in [2.75, 3.05) is 0 Å². The first-order valence-electron chi connectivity index (χ1n) is 5.26. The molecule has 0 saturated heterocycles. The van der Waals surface area contributed by atoms with Gasteiger partial charge in [0.05, 0.1) is 5.25 Å². The van der Waals surface area contributed by atoms with Crippen LogP contribution < -0.4 is 4.74 Å². The van der Waals surface area contributed by atoms with E-state index >= 15 is 0 Å². The normalized spacial score (nSPS) is 13.6. The molecule has 0 amide bonds. The molecule has 7 heteroatoms. The molecule has 0 spiro atoms. The van der Waals surface area contributed by atoms with Crippen molar-refractivity contribution in [3.63, 3.8) is 0 Å². The molecule has 0 bridgehead atoms. The molecule has 0 radical (unpaired) electrons. The molecular weight excluding hydrogens is 286 g/mol. The Balaban J connectivity index is 2.54. The predicted octanol–water partition coefficient (Wildman–Crippen LogP) is 3.18. The maximum atomic E-state index is 11.9. The van der Waals surface area contributed by atoms with Crippen LogP contribution in [0.15, 0.2) is 24.3 Å². The molecule has 18 heavy (non-hydrogen) atoms. The third-order valence-corrected chi connectivity index (χ3v) is 4.58. The van der Waals surface area contributed by atoms with Crippen molar-refractivity contribution < 1.29 is 21.9 Å². The van der Waals surface area contributed by atoms with Gasteiger partial charge in [-0.25, -0.2) is 8.42 Å². The van der Waals surface area contributed by atoms with Crippen LogP contribution in [0, 0.1) is 0 Å². The zero-order valence-corrected chi connectivity index (χ0v) is 11.2. The van der Waals surface area contributed by atoms with E-state index in [-0.39, 0.29) is 5.75 Å². The van der Waals surface area contributed by atoms with Gasteiger partial charge in [0.25, 0.3) is 0 Å². The van der Waals surface area contributed by atoms with Crippen molar-refractivity contribution >= 4 is 19.7 Å². The monoisotopic (exact) mass is 298 g/mol. The summed E-state index contributed by atoms with van der Waals surface area (Å²) in [5.74, 6) is 0.0757. The molecule has 1 aromatic rings. The van der Waals surface area contributed by atoms with Crippen LogP contribution in [-0.4, -0.2) is 20.3 Å². The van der Waals surface area contributed by atoms with Gasteiger partial charge in [-0.05, 0) is 37.5 Å². The fourth-order valence-corrected chi connectivity index (χ4v) is 2.01. The average molecular weight is 299 g/mol. The first-order chi connectivity index (χ1) is 8.29. The third-order valence-electron chi connectivity index (χ3n) is 2.47. The standard InChI is InChI=1S/C11H13ClF2O3S/c1-8(18(12,15)16)2-3-9-4-6-10(7-5-9)17-11(13)14/h4-8,11H,2-3H2,1H3. The summed E-state index contributed by atoms with van der Waals surface area (Å²) in [6.07, 6.45) is 0.878. The van der Waals surface area contributed by atoms with Crippen molar-refractivity contribution in [3.05, 3.63) is 29.8 Å². The Morgan fingerprint density at radius 2 is 1.83 bits per heavy atom. The van der Waals surface area contributed by atoms with Crippen LogP contribution in [0.25, 0.3) is 0 Å². The maximum absolute atomic E-state index is 11.9. The zero-order chi connectivity index (χ0) is 13.8. The number of rotatable bonds is 6. The van der Waals surface area contributed by atoms with Gasteiger partial charge in [0.15, 0.2) is 0 Å². The molecule has 0 aliphatic heterocycles. The van der Waals surface area contributed by atoms with E-state index in [1.54, 1.807) is 12.1 Å². The van der Waals surface area contributed by atoms with Gasteiger partial charge in [-0.15, -0.1) is 0 Å². The Bertz CT molecular complexity index is 474. The fraction of sp³-hybridized carbons (Fsp3) is 0.455. The fourth-order valence-electron chi connectivity index (χ4n) is 1.35. The molecule has 102 valence electrons. The summed E-state index contributed by atoms with van der Waals surface area (Å²) in [7, 11) is 1.65. The van der Waals surface area contributed by atoms with E-state index in [0.717, 1.165) is 5.56 Å². The van der Waals surface area contributed by atoms with Crippen LogP contribution >= 0.6 is 10.7 Å². The quantitative estimate of drug-likeness (QED) is 0.758. The average Bonchev–Trinajstić information content (AvgIpc) is 2.25. The summed E-state index contributed by atoms with van der Waals surface area (Å²) in [5, 5.41) is -0.642. The van der Waals surface area contributed by atoms with Crippen LogP contribution in [0.4, 0.5) is 8.78 Å². The van der Waals surface area contributed by atoms with Crippen LogP contribution in [0.1, 0.15) is 18.9 Å². The second-order valence-electron chi connectivity index (χ2n) is 3.85. The minimum absolute atomic E-state index is 0.0757. The lowest BCUT2D eigenvalue weighted by Gasteiger charge is -2.08. The van der Waals surface area contributed by atoms with Crippen LogP contribution in [0.3, 0.4) is 0 Å². The Labute approximate surface area is 109 Å². The molecule has 0 heterocycles. The second-order valence-corrected chi connectivity index (χ2v) is 6.89. The summed E-state index contributed by atoms with van der Waals surface area (Å²) < 4.78 is 50.0. The number of halogens is 3. The Morgan fingerprint density at radius 1 is 1.28 bits per heavy atom. The summed E-state index contributed by atoms with van der Waals surface area (Å²) in [6, 6.07) is 6.07. The van der Waals surface area contributed by atoms with Gasteiger partial charge in [-0.2, -0.15) is 8.78 Å². The molecule has 0 aliphatic rings. The van der Waals surface area contributed by atoms with Crippen molar-refractivity contribution in [3.8, 4) is 5.75 Å². The topological polar surface area (TPSA) is 43.4 Å². The molecular formula is C11H13ClF2O3S. The van der Waals surface area contributed by atoms with Crippen molar-refractivity contribution in [2.45, 2.75) is 31.6 Å². The molecule has 1 unspecified atom stereocenters. The smallest absolute Gasteiger partial charge is 0.387 e. The highest BCUT2D eigenvalue weighted by molar-refractivity contribution is 8.14. The summed E-state index contributed by atoms with van der Waals surface area (Å²) in [5.41, 5.74) is 0.837. The highest BCUT2D eigenvalue weighted by Crippen LogP contribution is 2.18. The number of aryl methyl sites for hydroxylation is 1. The minimum Gasteiger partial charge on any atom is -0.435 e. The van der Waals surface area contributed by atoms with Gasteiger partial charge in [0.2, 0.25) is 9.05 Å². The summed E-state index contributed by atoms with van der Waals surface area (Å²) in [4.78, 5) is 0. The molecule has 0 fully saturated rings. The zero-order valence-electron chi connectivity index (χ0n) is 9.65. The van der Waals surface area contributed by atoms with Crippen LogP contribution in [-0.2, 0) is 15.5 Å². The number of alkyl halides is 2. The molecule has 1 atom stereocenters. The van der Waals surface area contributed by atoms with Gasteiger partial charge in [-0.1, -0.05) is 12.1 Å². The van der Waals surface area contributed by atoms with Gasteiger partial charge >= 0.3 is 6.61 Å². The van der Waals surface area contributed by atoms with Crippen molar-refractivity contribution in [2.24, 2.45) is 0 Å². The number of hydrogen-bond donors (Lipinski definition) is 0. The highest BCUT2D eigenvalue weighted by Gasteiger charge is 2.16. The second kappa shape index (κ2) is 6.33. The third kappa shape index (κ3) is 5.18. The number of ether oxygens (including phenoxy) is 1. The molecule has 1 rings (SSSR count). The van der Waals surface area contributed by atoms with E-state index in [9.17, 15) is 17.2 Å². The van der Waals surface area contributed by atoms with Crippen LogP contribution in [0.5, 0.6) is 5.75 Å². The maximum Gasteiger partial charge on any atom is 0.387 e. The predicted molar refractivity (Wildman–Crippen MR) is 65.6 cm³/mol. The molecule has 0 saturated carbocycles. The molecule has 3 nitrogen and oxygen atoms in total. The van der Waals surface area contributed by atoms with Gasteiger partial charge in [0, 0.05) is 10.7 Å². The molecule has 1 aromatic carbocycles. The molecule has 0 aromatic heterocycles. The SMILES string of the molecule is CC(CCc1ccc(OC(F)F)cc1)S(=O)(=O)Cl. The highest BCUT2D eigenvalue weighted by atomic mass is 35.7. The van der Waals surface area contributed by atoms with Crippen molar-refractivity contribution in [1.82, 2.24) is 0 Å². The minimum atomic E-state index is -3.55. The molecule has 0 N–H and O–H groups in total. The van der Waals surface area contributed by atoms with E-state index < -0.39 is 20.9 Å². The van der Waals surface area contributed by atoms with E-state index in [1.165, 1.54) is 19.1 Å².